The van der Waals surface area contributed by atoms with Gasteiger partial charge < -0.3 is 14.8 Å². The Morgan fingerprint density at radius 1 is 1.47 bits per heavy atom. The predicted octanol–water partition coefficient (Wildman–Crippen LogP) is 1.25. The molecule has 0 amide bonds. The number of nitriles is 1. The molecule has 0 aliphatic rings. The van der Waals surface area contributed by atoms with Gasteiger partial charge in [0.15, 0.2) is 0 Å². The Hall–Kier alpha value is -1.31. The molecule has 1 aromatic rings. The largest absolute Gasteiger partial charge is 0.340 e. The van der Waals surface area contributed by atoms with E-state index in [0.29, 0.717) is 0 Å². The Morgan fingerprint density at radius 2 is 2.18 bits per heavy atom. The van der Waals surface area contributed by atoms with Crippen molar-refractivity contribution in [2.75, 3.05) is 27.2 Å². The normalized spacial score (nSPS) is 10.8. The van der Waals surface area contributed by atoms with Crippen LogP contribution >= 0.6 is 0 Å². The molecule has 4 nitrogen and oxygen atoms in total. The summed E-state index contributed by atoms with van der Waals surface area (Å²) in [5, 5.41) is 12.3. The zero-order chi connectivity index (χ0) is 12.8. The van der Waals surface area contributed by atoms with Gasteiger partial charge in [-0.3, -0.25) is 0 Å². The first-order chi connectivity index (χ1) is 8.06. The summed E-state index contributed by atoms with van der Waals surface area (Å²) in [4.78, 5) is 2.18. The maximum atomic E-state index is 8.93. The van der Waals surface area contributed by atoms with Crippen molar-refractivity contribution < 1.29 is 0 Å². The van der Waals surface area contributed by atoms with Gasteiger partial charge in [0, 0.05) is 19.3 Å². The molecular formula is C13H22N4. The Kier molecular flexibility index (Phi) is 5.20. The summed E-state index contributed by atoms with van der Waals surface area (Å²) in [7, 11) is 6.10. The molecule has 0 bridgehead atoms. The molecule has 1 heterocycles. The SMILES string of the molecule is Cc1c(CNCCCN(C)C)cc(C#N)n1C. The highest BCUT2D eigenvalue weighted by Gasteiger charge is 2.07. The molecular weight excluding hydrogens is 212 g/mol. The van der Waals surface area contributed by atoms with Crippen molar-refractivity contribution in [3.63, 3.8) is 0 Å². The number of hydrogen-bond donors (Lipinski definition) is 1. The Morgan fingerprint density at radius 3 is 2.71 bits per heavy atom. The topological polar surface area (TPSA) is 44.0 Å². The molecule has 0 saturated heterocycles. The number of nitrogens with one attached hydrogen (secondary N) is 1. The van der Waals surface area contributed by atoms with E-state index in [9.17, 15) is 0 Å². The number of aromatic nitrogens is 1. The first-order valence-corrected chi connectivity index (χ1v) is 5.97. The highest BCUT2D eigenvalue weighted by molar-refractivity contribution is 5.33. The first kappa shape index (κ1) is 13.8. The van der Waals surface area contributed by atoms with E-state index >= 15 is 0 Å². The maximum absolute atomic E-state index is 8.93. The highest BCUT2D eigenvalue weighted by atomic mass is 15.1. The van der Waals surface area contributed by atoms with Gasteiger partial charge in [0.1, 0.15) is 11.8 Å². The average molecular weight is 234 g/mol. The van der Waals surface area contributed by atoms with Crippen molar-refractivity contribution in [2.45, 2.75) is 19.9 Å². The first-order valence-electron chi connectivity index (χ1n) is 5.97. The molecule has 0 aromatic carbocycles. The molecule has 0 spiro atoms. The average Bonchev–Trinajstić information content (AvgIpc) is 2.56. The Bertz CT molecular complexity index is 398. The van der Waals surface area contributed by atoms with Gasteiger partial charge in [-0.2, -0.15) is 5.26 Å². The standard InChI is InChI=1S/C13H22N4/c1-11-12(8-13(9-14)17(11)4)10-15-6-5-7-16(2)3/h8,15H,5-7,10H2,1-4H3. The minimum Gasteiger partial charge on any atom is -0.340 e. The monoisotopic (exact) mass is 234 g/mol. The molecule has 94 valence electrons. The van der Waals surface area contributed by atoms with Crippen molar-refractivity contribution in [2.24, 2.45) is 7.05 Å². The van der Waals surface area contributed by atoms with Crippen LogP contribution in [0.25, 0.3) is 0 Å². The van der Waals surface area contributed by atoms with Gasteiger partial charge in [0.25, 0.3) is 0 Å². The molecule has 4 heteroatoms. The number of nitrogens with zero attached hydrogens (tertiary/aromatic N) is 3. The van der Waals surface area contributed by atoms with Crippen molar-refractivity contribution in [3.05, 3.63) is 23.0 Å². The van der Waals surface area contributed by atoms with Gasteiger partial charge in [-0.05, 0) is 52.2 Å². The molecule has 1 N–H and O–H groups in total. The van der Waals surface area contributed by atoms with Crippen LogP contribution in [-0.2, 0) is 13.6 Å². The van der Waals surface area contributed by atoms with Gasteiger partial charge in [-0.15, -0.1) is 0 Å². The molecule has 0 radical (unpaired) electrons. The van der Waals surface area contributed by atoms with E-state index < -0.39 is 0 Å². The fourth-order valence-corrected chi connectivity index (χ4v) is 1.79. The van der Waals surface area contributed by atoms with E-state index in [1.165, 1.54) is 11.3 Å². The van der Waals surface area contributed by atoms with Crippen LogP contribution in [0, 0.1) is 18.3 Å². The fourth-order valence-electron chi connectivity index (χ4n) is 1.79. The van der Waals surface area contributed by atoms with Gasteiger partial charge in [0.05, 0.1) is 0 Å². The molecule has 0 aliphatic heterocycles. The van der Waals surface area contributed by atoms with Crippen LogP contribution in [-0.4, -0.2) is 36.7 Å². The Labute approximate surface area is 104 Å². The Balaban J connectivity index is 2.40. The zero-order valence-corrected chi connectivity index (χ0v) is 11.2. The summed E-state index contributed by atoms with van der Waals surface area (Å²) >= 11 is 0. The van der Waals surface area contributed by atoms with Crippen LogP contribution in [0.1, 0.15) is 23.4 Å². The second-order valence-corrected chi connectivity index (χ2v) is 4.64. The summed E-state index contributed by atoms with van der Waals surface area (Å²) in [6.07, 6.45) is 1.14. The minimum atomic E-state index is 0.729. The molecule has 0 saturated carbocycles. The predicted molar refractivity (Wildman–Crippen MR) is 69.7 cm³/mol. The lowest BCUT2D eigenvalue weighted by atomic mass is 10.2. The smallest absolute Gasteiger partial charge is 0.120 e. The summed E-state index contributed by atoms with van der Waals surface area (Å²) in [5.41, 5.74) is 3.11. The van der Waals surface area contributed by atoms with Crippen LogP contribution in [0.2, 0.25) is 0 Å². The van der Waals surface area contributed by atoms with Crippen LogP contribution < -0.4 is 5.32 Å². The van der Waals surface area contributed by atoms with E-state index in [1.807, 2.05) is 17.7 Å². The van der Waals surface area contributed by atoms with Crippen molar-refractivity contribution in [3.8, 4) is 6.07 Å². The van der Waals surface area contributed by atoms with Gasteiger partial charge >= 0.3 is 0 Å². The quantitative estimate of drug-likeness (QED) is 0.753. The highest BCUT2D eigenvalue weighted by Crippen LogP contribution is 2.12. The van der Waals surface area contributed by atoms with E-state index in [4.69, 9.17) is 5.26 Å². The molecule has 1 aromatic heterocycles. The summed E-state index contributed by atoms with van der Waals surface area (Å²) in [5.74, 6) is 0. The molecule has 0 fully saturated rings. The number of rotatable bonds is 6. The third-order valence-electron chi connectivity index (χ3n) is 3.03. The molecule has 17 heavy (non-hydrogen) atoms. The molecule has 0 atom stereocenters. The van der Waals surface area contributed by atoms with Gasteiger partial charge in [-0.1, -0.05) is 0 Å². The molecule has 0 unspecified atom stereocenters. The van der Waals surface area contributed by atoms with Crippen molar-refractivity contribution in [1.29, 1.82) is 5.26 Å². The van der Waals surface area contributed by atoms with E-state index in [2.05, 4.69) is 37.3 Å². The lowest BCUT2D eigenvalue weighted by Gasteiger charge is -2.09. The lowest BCUT2D eigenvalue weighted by Crippen LogP contribution is -2.21. The lowest BCUT2D eigenvalue weighted by molar-refractivity contribution is 0.394. The third-order valence-corrected chi connectivity index (χ3v) is 3.03. The second-order valence-electron chi connectivity index (χ2n) is 4.64. The zero-order valence-electron chi connectivity index (χ0n) is 11.2. The van der Waals surface area contributed by atoms with E-state index in [1.54, 1.807) is 0 Å². The second kappa shape index (κ2) is 6.43. The van der Waals surface area contributed by atoms with Crippen molar-refractivity contribution in [1.82, 2.24) is 14.8 Å². The minimum absolute atomic E-state index is 0.729. The van der Waals surface area contributed by atoms with Gasteiger partial charge in [0.2, 0.25) is 0 Å². The fraction of sp³-hybridized carbons (Fsp3) is 0.615. The number of hydrogen-bond acceptors (Lipinski definition) is 3. The van der Waals surface area contributed by atoms with Crippen LogP contribution in [0.3, 0.4) is 0 Å². The van der Waals surface area contributed by atoms with E-state index in [-0.39, 0.29) is 0 Å². The van der Waals surface area contributed by atoms with E-state index in [0.717, 1.165) is 31.7 Å². The van der Waals surface area contributed by atoms with Crippen molar-refractivity contribution >= 4 is 0 Å². The molecule has 1 rings (SSSR count). The molecule has 0 aliphatic carbocycles. The van der Waals surface area contributed by atoms with Crippen LogP contribution in [0.5, 0.6) is 0 Å². The van der Waals surface area contributed by atoms with Crippen LogP contribution in [0.4, 0.5) is 0 Å². The maximum Gasteiger partial charge on any atom is 0.120 e. The van der Waals surface area contributed by atoms with Crippen LogP contribution in [0.15, 0.2) is 6.07 Å². The summed E-state index contributed by atoms with van der Waals surface area (Å²) in [6.45, 7) is 5.01. The summed E-state index contributed by atoms with van der Waals surface area (Å²) in [6, 6.07) is 4.17. The third kappa shape index (κ3) is 3.88. The summed E-state index contributed by atoms with van der Waals surface area (Å²) < 4.78 is 1.94. The van der Waals surface area contributed by atoms with Gasteiger partial charge in [-0.25, -0.2) is 0 Å².